The summed E-state index contributed by atoms with van der Waals surface area (Å²) in [6.45, 7) is 16.5. The van der Waals surface area contributed by atoms with Gasteiger partial charge in [0.25, 0.3) is 0 Å². The minimum atomic E-state index is -0.740. The molecule has 0 bridgehead atoms. The van der Waals surface area contributed by atoms with Crippen LogP contribution in [0.15, 0.2) is 0 Å². The molecule has 0 aromatic rings. The fraction of sp³-hybridized carbons (Fsp3) is 0.867. The topological polar surface area (TPSA) is 173 Å². The monoisotopic (exact) mass is 572 g/mol. The SMILES string of the molecule is CC1(C)CC(C(=O)O)CC(C)(C)N1.CC1(C)CC(C(=O)O)CC(C)(C)N1.O=C(O)CCCCCCCCC(=O)O. The van der Waals surface area contributed by atoms with E-state index in [2.05, 4.69) is 66.0 Å². The van der Waals surface area contributed by atoms with Gasteiger partial charge in [-0.3, -0.25) is 19.2 Å². The van der Waals surface area contributed by atoms with E-state index in [1.165, 1.54) is 0 Å². The third-order valence-corrected chi connectivity index (χ3v) is 7.11. The van der Waals surface area contributed by atoms with Crippen LogP contribution in [0, 0.1) is 11.8 Å². The molecule has 10 heteroatoms. The summed E-state index contributed by atoms with van der Waals surface area (Å²) in [5, 5.41) is 41.6. The van der Waals surface area contributed by atoms with Crippen LogP contribution < -0.4 is 10.6 Å². The van der Waals surface area contributed by atoms with Crippen LogP contribution in [-0.4, -0.2) is 66.5 Å². The molecule has 0 aliphatic carbocycles. The first kappa shape index (κ1) is 37.8. The molecule has 2 aliphatic rings. The summed E-state index contributed by atoms with van der Waals surface area (Å²) in [7, 11) is 0. The lowest BCUT2D eigenvalue weighted by Crippen LogP contribution is -2.58. The maximum atomic E-state index is 10.9. The van der Waals surface area contributed by atoms with Gasteiger partial charge in [-0.05, 0) is 93.9 Å². The lowest BCUT2D eigenvalue weighted by atomic mass is 9.76. The minimum Gasteiger partial charge on any atom is -0.481 e. The standard InChI is InChI=1S/2C10H19NO2.C10H18O4/c2*1-9(2)5-7(8(12)13)6-10(3,4)11-9;11-9(12)7-5-3-1-2-4-6-8-10(13)14/h2*7,11H,5-6H2,1-4H3,(H,12,13);1-8H2,(H,11,12)(H,13,14). The van der Waals surface area contributed by atoms with Crippen molar-refractivity contribution in [2.75, 3.05) is 0 Å². The molecule has 10 nitrogen and oxygen atoms in total. The zero-order valence-corrected chi connectivity index (χ0v) is 26.1. The van der Waals surface area contributed by atoms with Crippen LogP contribution in [0.25, 0.3) is 0 Å². The van der Waals surface area contributed by atoms with Crippen LogP contribution in [0.5, 0.6) is 0 Å². The number of rotatable bonds is 11. The molecular formula is C30H56N2O8. The maximum Gasteiger partial charge on any atom is 0.306 e. The quantitative estimate of drug-likeness (QED) is 0.173. The third-order valence-electron chi connectivity index (χ3n) is 7.11. The molecule has 0 aromatic carbocycles. The number of carbonyl (C=O) groups is 4. The Morgan fingerprint density at radius 3 is 0.925 bits per heavy atom. The number of hydrogen-bond acceptors (Lipinski definition) is 6. The van der Waals surface area contributed by atoms with Gasteiger partial charge >= 0.3 is 23.9 Å². The number of nitrogens with one attached hydrogen (secondary N) is 2. The second kappa shape index (κ2) is 16.3. The molecule has 40 heavy (non-hydrogen) atoms. The van der Waals surface area contributed by atoms with E-state index in [0.717, 1.165) is 38.5 Å². The number of unbranched alkanes of at least 4 members (excludes halogenated alkanes) is 5. The molecule has 0 unspecified atom stereocenters. The van der Waals surface area contributed by atoms with Gasteiger partial charge in [-0.15, -0.1) is 0 Å². The summed E-state index contributed by atoms with van der Waals surface area (Å²) in [5.74, 6) is -3.21. The zero-order valence-electron chi connectivity index (χ0n) is 26.1. The largest absolute Gasteiger partial charge is 0.481 e. The van der Waals surface area contributed by atoms with Crippen LogP contribution >= 0.6 is 0 Å². The van der Waals surface area contributed by atoms with Gasteiger partial charge in [0.15, 0.2) is 0 Å². The van der Waals surface area contributed by atoms with E-state index < -0.39 is 23.9 Å². The van der Waals surface area contributed by atoms with Crippen molar-refractivity contribution in [3.05, 3.63) is 0 Å². The van der Waals surface area contributed by atoms with E-state index in [1.54, 1.807) is 0 Å². The number of aliphatic carboxylic acids is 4. The molecule has 2 fully saturated rings. The summed E-state index contributed by atoms with van der Waals surface area (Å²) in [6, 6.07) is 0. The first-order valence-electron chi connectivity index (χ1n) is 14.5. The Labute approximate surface area is 240 Å². The highest BCUT2D eigenvalue weighted by Crippen LogP contribution is 2.33. The van der Waals surface area contributed by atoms with Crippen molar-refractivity contribution >= 4 is 23.9 Å². The molecule has 2 rings (SSSR count). The Kier molecular flexibility index (Phi) is 15.4. The average molecular weight is 573 g/mol. The Morgan fingerprint density at radius 2 is 0.725 bits per heavy atom. The first-order valence-corrected chi connectivity index (χ1v) is 14.5. The molecule has 2 saturated heterocycles. The van der Waals surface area contributed by atoms with Gasteiger partial charge in [0, 0.05) is 35.0 Å². The van der Waals surface area contributed by atoms with Crippen LogP contribution in [0.4, 0.5) is 0 Å². The van der Waals surface area contributed by atoms with Gasteiger partial charge in [0.1, 0.15) is 0 Å². The van der Waals surface area contributed by atoms with Crippen molar-refractivity contribution in [3.8, 4) is 0 Å². The van der Waals surface area contributed by atoms with E-state index in [1.807, 2.05) is 0 Å². The van der Waals surface area contributed by atoms with Crippen molar-refractivity contribution < 1.29 is 39.6 Å². The summed E-state index contributed by atoms with van der Waals surface area (Å²) < 4.78 is 0. The lowest BCUT2D eigenvalue weighted by Gasteiger charge is -2.45. The molecular weight excluding hydrogens is 516 g/mol. The van der Waals surface area contributed by atoms with Gasteiger partial charge in [-0.2, -0.15) is 0 Å². The molecule has 6 N–H and O–H groups in total. The van der Waals surface area contributed by atoms with Gasteiger partial charge in [0.2, 0.25) is 0 Å². The van der Waals surface area contributed by atoms with E-state index in [4.69, 9.17) is 20.4 Å². The Hall–Kier alpha value is -2.20. The predicted octanol–water partition coefficient (Wildman–Crippen LogP) is 5.53. The summed E-state index contributed by atoms with van der Waals surface area (Å²) in [5.41, 5.74) is -0.259. The Bertz CT molecular complexity index is 736. The van der Waals surface area contributed by atoms with Crippen LogP contribution in [0.2, 0.25) is 0 Å². The highest BCUT2D eigenvalue weighted by molar-refractivity contribution is 5.71. The number of carboxylic acid groups (broad SMARTS) is 4. The van der Waals surface area contributed by atoms with Crippen LogP contribution in [-0.2, 0) is 19.2 Å². The number of hydrogen-bond donors (Lipinski definition) is 6. The number of carboxylic acids is 4. The smallest absolute Gasteiger partial charge is 0.306 e. The van der Waals surface area contributed by atoms with Gasteiger partial charge in [-0.25, -0.2) is 0 Å². The molecule has 0 amide bonds. The van der Waals surface area contributed by atoms with Gasteiger partial charge < -0.3 is 31.1 Å². The summed E-state index contributed by atoms with van der Waals surface area (Å²) in [6.07, 6.45) is 8.68. The minimum absolute atomic E-state index is 0.0647. The maximum absolute atomic E-state index is 10.9. The van der Waals surface area contributed by atoms with E-state index in [-0.39, 0.29) is 46.8 Å². The molecule has 2 aliphatic heterocycles. The Balaban J connectivity index is 0.000000571. The molecule has 0 radical (unpaired) electrons. The van der Waals surface area contributed by atoms with E-state index >= 15 is 0 Å². The molecule has 0 saturated carbocycles. The molecule has 234 valence electrons. The molecule has 0 aromatic heterocycles. The van der Waals surface area contributed by atoms with Gasteiger partial charge in [-0.1, -0.05) is 25.7 Å². The highest BCUT2D eigenvalue weighted by Gasteiger charge is 2.41. The Morgan fingerprint density at radius 1 is 0.500 bits per heavy atom. The number of piperidine rings is 2. The first-order chi connectivity index (χ1) is 18.1. The average Bonchev–Trinajstić information content (AvgIpc) is 2.71. The third kappa shape index (κ3) is 18.2. The normalized spacial score (nSPS) is 21.1. The van der Waals surface area contributed by atoms with E-state index in [9.17, 15) is 19.2 Å². The fourth-order valence-electron chi connectivity index (χ4n) is 6.25. The zero-order chi connectivity index (χ0) is 31.4. The summed E-state index contributed by atoms with van der Waals surface area (Å²) in [4.78, 5) is 42.1. The fourth-order valence-corrected chi connectivity index (χ4v) is 6.25. The predicted molar refractivity (Wildman–Crippen MR) is 156 cm³/mol. The lowest BCUT2D eigenvalue weighted by molar-refractivity contribution is -0.145. The van der Waals surface area contributed by atoms with Crippen molar-refractivity contribution in [2.24, 2.45) is 11.8 Å². The highest BCUT2D eigenvalue weighted by atomic mass is 16.4. The molecule has 0 atom stereocenters. The van der Waals surface area contributed by atoms with Crippen LogP contribution in [0.3, 0.4) is 0 Å². The molecule has 2 heterocycles. The second-order valence-corrected chi connectivity index (χ2v) is 14.1. The molecule has 0 spiro atoms. The van der Waals surface area contributed by atoms with Crippen LogP contribution in [0.1, 0.15) is 132 Å². The van der Waals surface area contributed by atoms with Crippen molar-refractivity contribution in [1.82, 2.24) is 10.6 Å². The van der Waals surface area contributed by atoms with E-state index in [0.29, 0.717) is 25.7 Å². The van der Waals surface area contributed by atoms with Gasteiger partial charge in [0.05, 0.1) is 11.8 Å². The second-order valence-electron chi connectivity index (χ2n) is 14.1. The van der Waals surface area contributed by atoms with Crippen molar-refractivity contribution in [3.63, 3.8) is 0 Å². The summed E-state index contributed by atoms with van der Waals surface area (Å²) >= 11 is 0. The van der Waals surface area contributed by atoms with Crippen molar-refractivity contribution in [2.45, 2.75) is 155 Å². The van der Waals surface area contributed by atoms with Crippen molar-refractivity contribution in [1.29, 1.82) is 0 Å².